The van der Waals surface area contributed by atoms with Crippen LogP contribution in [0.1, 0.15) is 17.8 Å². The first-order chi connectivity index (χ1) is 14.3. The Kier molecular flexibility index (Phi) is 4.90. The number of H-pyrrole nitrogens is 1. The normalized spacial score (nSPS) is 11.3. The number of aryl methyl sites for hydroxylation is 2. The zero-order chi connectivity index (χ0) is 21.4. The number of benzene rings is 1. The summed E-state index contributed by atoms with van der Waals surface area (Å²) in [7, 11) is 1.75. The molecule has 0 radical (unpaired) electrons. The summed E-state index contributed by atoms with van der Waals surface area (Å²) in [5.41, 5.74) is 8.13. The zero-order valence-electron chi connectivity index (χ0n) is 16.1. The van der Waals surface area contributed by atoms with E-state index in [9.17, 15) is 13.2 Å². The first kappa shape index (κ1) is 19.5. The minimum absolute atomic E-state index is 0.123. The number of rotatable bonds is 3. The van der Waals surface area contributed by atoms with Crippen molar-refractivity contribution in [2.24, 2.45) is 7.05 Å². The topological polar surface area (TPSA) is 90.3 Å². The van der Waals surface area contributed by atoms with E-state index in [0.717, 1.165) is 10.2 Å². The highest BCUT2D eigenvalue weighted by Gasteiger charge is 2.17. The maximum absolute atomic E-state index is 13.4. The molecule has 1 aromatic carbocycles. The summed E-state index contributed by atoms with van der Waals surface area (Å²) in [5, 5.41) is 9.21. The molecular formula is C20H18F3N7. The number of nitrogens with one attached hydrogen (secondary N) is 1. The first-order valence-corrected chi connectivity index (χ1v) is 9.00. The van der Waals surface area contributed by atoms with Crippen molar-refractivity contribution in [3.05, 3.63) is 65.9 Å². The molecule has 4 rings (SSSR count). The van der Waals surface area contributed by atoms with Crippen molar-refractivity contribution in [3.63, 3.8) is 0 Å². The molecule has 0 aliphatic heterocycles. The van der Waals surface area contributed by atoms with Gasteiger partial charge in [-0.05, 0) is 43.3 Å². The number of halogens is 3. The molecule has 3 heterocycles. The fraction of sp³-hybridized carbons (Fsp3) is 0.150. The minimum atomic E-state index is -2.72. The second kappa shape index (κ2) is 7.54. The molecule has 0 aliphatic carbocycles. The molecule has 0 saturated carbocycles. The summed E-state index contributed by atoms with van der Waals surface area (Å²) in [6.45, 7) is 1.62. The highest BCUT2D eigenvalue weighted by molar-refractivity contribution is 5.90. The quantitative estimate of drug-likeness (QED) is 0.526. The number of aromatic nitrogens is 6. The van der Waals surface area contributed by atoms with E-state index in [4.69, 9.17) is 5.73 Å². The number of alkyl halides is 2. The standard InChI is InChI=1S/C20H18F3N7/c1-11-9-15(19(22)23)30(27-11)17-10-16(24)26-20-14(7-8-25-17)18(29(2)28-20)12-3-5-13(21)6-4-12/h3-10,19H,24H2,1-2H3,(H,26,28). The van der Waals surface area contributed by atoms with Crippen molar-refractivity contribution in [2.45, 2.75) is 13.3 Å². The number of fused-ring (bicyclic) bond motifs is 1. The molecule has 7 nitrogen and oxygen atoms in total. The van der Waals surface area contributed by atoms with Crippen LogP contribution in [0.3, 0.4) is 0 Å². The van der Waals surface area contributed by atoms with E-state index in [0.29, 0.717) is 22.4 Å². The van der Waals surface area contributed by atoms with Crippen LogP contribution >= 0.6 is 0 Å². The van der Waals surface area contributed by atoms with Crippen LogP contribution < -0.4 is 5.73 Å². The Morgan fingerprint density at radius 2 is 1.80 bits per heavy atom. The molecule has 10 heteroatoms. The third-order valence-corrected chi connectivity index (χ3v) is 4.50. The van der Waals surface area contributed by atoms with E-state index in [1.165, 1.54) is 30.5 Å². The molecule has 4 aromatic rings. The maximum atomic E-state index is 13.4. The van der Waals surface area contributed by atoms with E-state index in [-0.39, 0.29) is 23.1 Å². The highest BCUT2D eigenvalue weighted by atomic mass is 19.3. The number of nitrogens with zero attached hydrogens (tertiary/aromatic N) is 5. The molecule has 0 amide bonds. The summed E-state index contributed by atoms with van der Waals surface area (Å²) >= 11 is 0. The summed E-state index contributed by atoms with van der Waals surface area (Å²) in [6.07, 6.45) is -1.26. The van der Waals surface area contributed by atoms with Crippen molar-refractivity contribution in [3.8, 4) is 17.1 Å². The summed E-state index contributed by atoms with van der Waals surface area (Å²) in [4.78, 5) is 7.26. The average molecular weight is 413 g/mol. The lowest BCUT2D eigenvalue weighted by Crippen LogP contribution is -2.04. The number of nitrogen functional groups attached to an aromatic ring is 1. The molecule has 0 aliphatic rings. The zero-order valence-corrected chi connectivity index (χ0v) is 16.1. The lowest BCUT2D eigenvalue weighted by Gasteiger charge is -2.04. The molecular weight excluding hydrogens is 395 g/mol. The van der Waals surface area contributed by atoms with Gasteiger partial charge in [-0.1, -0.05) is 0 Å². The number of hydrogen-bond donors (Lipinski definition) is 2. The number of nitrogens with two attached hydrogens (primary N) is 1. The SMILES string of the molecule is Cc1cc(C(F)F)n(-c2cc(N)[nH]c3nn(C)c(-c4ccc(F)cc4)c3ccn2)n1. The molecule has 154 valence electrons. The largest absolute Gasteiger partial charge is 0.385 e. The second-order valence-corrected chi connectivity index (χ2v) is 6.69. The van der Waals surface area contributed by atoms with Gasteiger partial charge in [-0.15, -0.1) is 0 Å². The fourth-order valence-corrected chi connectivity index (χ4v) is 3.25. The van der Waals surface area contributed by atoms with Crippen LogP contribution in [0, 0.1) is 12.7 Å². The van der Waals surface area contributed by atoms with Gasteiger partial charge in [0.25, 0.3) is 6.43 Å². The molecule has 0 fully saturated rings. The van der Waals surface area contributed by atoms with Crippen LogP contribution in [0.15, 0.2) is 48.7 Å². The molecule has 0 saturated heterocycles. The van der Waals surface area contributed by atoms with Crippen molar-refractivity contribution in [1.29, 1.82) is 0 Å². The van der Waals surface area contributed by atoms with Crippen LogP contribution in [0.5, 0.6) is 0 Å². The number of aromatic amines is 1. The van der Waals surface area contributed by atoms with E-state index in [1.807, 2.05) is 0 Å². The Morgan fingerprint density at radius 1 is 1.07 bits per heavy atom. The predicted molar refractivity (Wildman–Crippen MR) is 107 cm³/mol. The van der Waals surface area contributed by atoms with Gasteiger partial charge in [0.1, 0.15) is 17.3 Å². The summed E-state index contributed by atoms with van der Waals surface area (Å²) < 4.78 is 42.8. The highest BCUT2D eigenvalue weighted by Crippen LogP contribution is 2.27. The minimum Gasteiger partial charge on any atom is -0.385 e. The van der Waals surface area contributed by atoms with Gasteiger partial charge in [-0.3, -0.25) is 4.68 Å². The Labute approximate surface area is 169 Å². The van der Waals surface area contributed by atoms with Crippen molar-refractivity contribution in [2.75, 3.05) is 5.73 Å². The third kappa shape index (κ3) is 3.59. The van der Waals surface area contributed by atoms with Crippen molar-refractivity contribution < 1.29 is 13.2 Å². The molecule has 3 aromatic heterocycles. The van der Waals surface area contributed by atoms with Gasteiger partial charge < -0.3 is 10.7 Å². The number of hydrogen-bond acceptors (Lipinski definition) is 4. The van der Waals surface area contributed by atoms with E-state index >= 15 is 0 Å². The van der Waals surface area contributed by atoms with Crippen LogP contribution in [-0.2, 0) is 7.05 Å². The Bertz CT molecular complexity index is 1270. The van der Waals surface area contributed by atoms with E-state index < -0.39 is 6.43 Å². The smallest absolute Gasteiger partial charge is 0.280 e. The molecule has 0 unspecified atom stereocenters. The van der Waals surface area contributed by atoms with Gasteiger partial charge in [0.05, 0.1) is 11.4 Å². The van der Waals surface area contributed by atoms with Crippen LogP contribution in [-0.4, -0.2) is 29.5 Å². The lowest BCUT2D eigenvalue weighted by molar-refractivity contribution is 0.142. The van der Waals surface area contributed by atoms with Crippen molar-refractivity contribution in [1.82, 2.24) is 29.5 Å². The van der Waals surface area contributed by atoms with Crippen LogP contribution in [0.2, 0.25) is 0 Å². The maximum Gasteiger partial charge on any atom is 0.280 e. The van der Waals surface area contributed by atoms with Crippen molar-refractivity contribution >= 4 is 16.9 Å². The Balaban J connectivity index is 1.95. The van der Waals surface area contributed by atoms with Crippen LogP contribution in [0.25, 0.3) is 28.1 Å². The predicted octanol–water partition coefficient (Wildman–Crippen LogP) is 4.24. The van der Waals surface area contributed by atoms with Gasteiger partial charge in [-0.2, -0.15) is 10.2 Å². The first-order valence-electron chi connectivity index (χ1n) is 9.00. The second-order valence-electron chi connectivity index (χ2n) is 6.69. The van der Waals surface area contributed by atoms with Gasteiger partial charge >= 0.3 is 0 Å². The fourth-order valence-electron chi connectivity index (χ4n) is 3.25. The molecule has 30 heavy (non-hydrogen) atoms. The monoisotopic (exact) mass is 413 g/mol. The van der Waals surface area contributed by atoms with E-state index in [1.54, 1.807) is 36.9 Å². The molecule has 0 spiro atoms. The molecule has 3 N–H and O–H groups in total. The summed E-state index contributed by atoms with van der Waals surface area (Å²) in [5.74, 6) is -0.0756. The van der Waals surface area contributed by atoms with Crippen LogP contribution in [0.4, 0.5) is 19.0 Å². The third-order valence-electron chi connectivity index (χ3n) is 4.50. The Hall–Kier alpha value is -3.82. The average Bonchev–Trinajstić information content (AvgIpc) is 3.23. The van der Waals surface area contributed by atoms with Gasteiger partial charge in [-0.25, -0.2) is 22.8 Å². The van der Waals surface area contributed by atoms with Gasteiger partial charge in [0.15, 0.2) is 11.5 Å². The van der Waals surface area contributed by atoms with Gasteiger partial charge in [0, 0.05) is 30.3 Å². The van der Waals surface area contributed by atoms with Gasteiger partial charge in [0.2, 0.25) is 0 Å². The summed E-state index contributed by atoms with van der Waals surface area (Å²) in [6, 6.07) is 10.4. The number of anilines is 1. The van der Waals surface area contributed by atoms with E-state index in [2.05, 4.69) is 20.2 Å². The molecule has 0 atom stereocenters. The Morgan fingerprint density at radius 3 is 2.50 bits per heavy atom. The molecule has 0 bridgehead atoms. The lowest BCUT2D eigenvalue weighted by atomic mass is 10.1.